The van der Waals surface area contributed by atoms with Crippen LogP contribution in [-0.2, 0) is 11.3 Å². The fourth-order valence-electron chi connectivity index (χ4n) is 2.24. The second-order valence-electron chi connectivity index (χ2n) is 5.47. The first kappa shape index (κ1) is 17.7. The zero-order chi connectivity index (χ0) is 17.6. The number of pyridine rings is 1. The summed E-state index contributed by atoms with van der Waals surface area (Å²) in [7, 11) is 0. The molecule has 0 saturated carbocycles. The molecule has 2 heterocycles. The molecule has 0 aliphatic rings. The number of aryl methyl sites for hydroxylation is 1. The van der Waals surface area contributed by atoms with Crippen molar-refractivity contribution in [2.45, 2.75) is 18.4 Å². The molecule has 0 aliphatic carbocycles. The van der Waals surface area contributed by atoms with Crippen LogP contribution in [0.1, 0.15) is 11.1 Å². The van der Waals surface area contributed by atoms with Crippen molar-refractivity contribution >= 4 is 33.6 Å². The number of aromatic nitrogens is 3. The monoisotopic (exact) mass is 416 g/mol. The Hall–Kier alpha value is -2.12. The number of imidazole rings is 1. The van der Waals surface area contributed by atoms with Gasteiger partial charge in [0.25, 0.3) is 0 Å². The van der Waals surface area contributed by atoms with E-state index in [0.717, 1.165) is 26.3 Å². The Labute approximate surface area is 159 Å². The summed E-state index contributed by atoms with van der Waals surface area (Å²) in [6, 6.07) is 9.92. The Morgan fingerprint density at radius 1 is 1.32 bits per heavy atom. The van der Waals surface area contributed by atoms with Gasteiger partial charge in [-0.1, -0.05) is 22.0 Å². The number of rotatable bonds is 6. The Morgan fingerprint density at radius 2 is 2.20 bits per heavy atom. The predicted octanol–water partition coefficient (Wildman–Crippen LogP) is 3.75. The summed E-state index contributed by atoms with van der Waals surface area (Å²) in [6.07, 6.45) is 7.01. The van der Waals surface area contributed by atoms with Gasteiger partial charge in [-0.15, -0.1) is 11.8 Å². The minimum atomic E-state index is 0.00556. The van der Waals surface area contributed by atoms with Crippen LogP contribution in [0.5, 0.6) is 0 Å². The van der Waals surface area contributed by atoms with Gasteiger partial charge in [-0.05, 0) is 42.3 Å². The molecule has 5 nitrogen and oxygen atoms in total. The number of carbonyl (C=O) groups is 1. The zero-order valence-electron chi connectivity index (χ0n) is 13.6. The summed E-state index contributed by atoms with van der Waals surface area (Å²) in [5, 5.41) is 2.93. The quantitative estimate of drug-likeness (QED) is 0.621. The molecular weight excluding hydrogens is 400 g/mol. The maximum absolute atomic E-state index is 12.0. The lowest BCUT2D eigenvalue weighted by Crippen LogP contribution is -2.24. The van der Waals surface area contributed by atoms with Gasteiger partial charge in [0.15, 0.2) is 0 Å². The molecule has 0 aliphatic heterocycles. The van der Waals surface area contributed by atoms with E-state index in [1.165, 1.54) is 0 Å². The van der Waals surface area contributed by atoms with Crippen LogP contribution in [0.15, 0.2) is 64.6 Å². The SMILES string of the molecule is Cc1cc(Br)ccc1SCC(=O)NCc1ccc(-n2ccnc2)nc1. The molecule has 0 bridgehead atoms. The molecule has 128 valence electrons. The molecule has 1 amide bonds. The summed E-state index contributed by atoms with van der Waals surface area (Å²) in [6.45, 7) is 2.51. The van der Waals surface area contributed by atoms with Crippen molar-refractivity contribution in [3.8, 4) is 5.82 Å². The third-order valence-electron chi connectivity index (χ3n) is 3.56. The van der Waals surface area contributed by atoms with Crippen molar-refractivity contribution in [2.24, 2.45) is 0 Å². The lowest BCUT2D eigenvalue weighted by Gasteiger charge is -2.08. The van der Waals surface area contributed by atoms with Crippen LogP contribution in [0.2, 0.25) is 0 Å². The van der Waals surface area contributed by atoms with Crippen LogP contribution in [0, 0.1) is 6.92 Å². The smallest absolute Gasteiger partial charge is 0.230 e. The number of nitrogens with one attached hydrogen (secondary N) is 1. The predicted molar refractivity (Wildman–Crippen MR) is 103 cm³/mol. The fourth-order valence-corrected chi connectivity index (χ4v) is 3.55. The first-order chi connectivity index (χ1) is 12.1. The number of benzene rings is 1. The van der Waals surface area contributed by atoms with E-state index in [1.807, 2.05) is 48.0 Å². The molecule has 0 radical (unpaired) electrons. The molecular formula is C18H17BrN4OS. The maximum atomic E-state index is 12.0. The van der Waals surface area contributed by atoms with Gasteiger partial charge in [0, 0.05) is 34.5 Å². The van der Waals surface area contributed by atoms with E-state index in [-0.39, 0.29) is 5.91 Å². The van der Waals surface area contributed by atoms with Gasteiger partial charge in [-0.2, -0.15) is 0 Å². The Kier molecular flexibility index (Phi) is 5.88. The highest BCUT2D eigenvalue weighted by Crippen LogP contribution is 2.25. The first-order valence-electron chi connectivity index (χ1n) is 7.71. The number of carbonyl (C=O) groups excluding carboxylic acids is 1. The Morgan fingerprint density at radius 3 is 2.88 bits per heavy atom. The zero-order valence-corrected chi connectivity index (χ0v) is 16.0. The van der Waals surface area contributed by atoms with Gasteiger partial charge in [-0.3, -0.25) is 9.36 Å². The van der Waals surface area contributed by atoms with Gasteiger partial charge in [0.05, 0.1) is 5.75 Å². The van der Waals surface area contributed by atoms with Crippen molar-refractivity contribution < 1.29 is 4.79 Å². The third kappa shape index (κ3) is 4.93. The highest BCUT2D eigenvalue weighted by molar-refractivity contribution is 9.10. The average Bonchev–Trinajstić information content (AvgIpc) is 3.14. The van der Waals surface area contributed by atoms with Crippen molar-refractivity contribution in [2.75, 3.05) is 5.75 Å². The van der Waals surface area contributed by atoms with E-state index in [0.29, 0.717) is 12.3 Å². The molecule has 0 spiro atoms. The van der Waals surface area contributed by atoms with Crippen LogP contribution in [0.3, 0.4) is 0 Å². The summed E-state index contributed by atoms with van der Waals surface area (Å²) in [5.74, 6) is 1.20. The van der Waals surface area contributed by atoms with Gasteiger partial charge in [-0.25, -0.2) is 9.97 Å². The number of hydrogen-bond acceptors (Lipinski definition) is 4. The molecule has 0 unspecified atom stereocenters. The molecule has 1 N–H and O–H groups in total. The lowest BCUT2D eigenvalue weighted by atomic mass is 10.2. The molecule has 25 heavy (non-hydrogen) atoms. The van der Waals surface area contributed by atoms with E-state index >= 15 is 0 Å². The van der Waals surface area contributed by atoms with Crippen LogP contribution in [-0.4, -0.2) is 26.2 Å². The van der Waals surface area contributed by atoms with Crippen LogP contribution in [0.4, 0.5) is 0 Å². The highest BCUT2D eigenvalue weighted by Gasteiger charge is 2.06. The minimum absolute atomic E-state index is 0.00556. The number of halogens is 1. The second-order valence-corrected chi connectivity index (χ2v) is 7.40. The van der Waals surface area contributed by atoms with Gasteiger partial charge in [0.1, 0.15) is 12.1 Å². The number of hydrogen-bond donors (Lipinski definition) is 1. The van der Waals surface area contributed by atoms with Crippen molar-refractivity contribution in [3.63, 3.8) is 0 Å². The topological polar surface area (TPSA) is 59.8 Å². The summed E-state index contributed by atoms with van der Waals surface area (Å²) < 4.78 is 2.88. The molecule has 0 saturated heterocycles. The van der Waals surface area contributed by atoms with E-state index in [2.05, 4.69) is 31.2 Å². The third-order valence-corrected chi connectivity index (χ3v) is 5.23. The molecule has 3 rings (SSSR count). The van der Waals surface area contributed by atoms with E-state index < -0.39 is 0 Å². The molecule has 2 aromatic heterocycles. The van der Waals surface area contributed by atoms with E-state index in [9.17, 15) is 4.79 Å². The second kappa shape index (κ2) is 8.31. The van der Waals surface area contributed by atoms with E-state index in [1.54, 1.807) is 30.5 Å². The van der Waals surface area contributed by atoms with Crippen molar-refractivity contribution in [1.29, 1.82) is 0 Å². The molecule has 0 atom stereocenters. The van der Waals surface area contributed by atoms with Crippen molar-refractivity contribution in [1.82, 2.24) is 19.9 Å². The summed E-state index contributed by atoms with van der Waals surface area (Å²) in [5.41, 5.74) is 2.12. The van der Waals surface area contributed by atoms with Crippen molar-refractivity contribution in [3.05, 3.63) is 70.8 Å². The first-order valence-corrected chi connectivity index (χ1v) is 9.48. The molecule has 7 heteroatoms. The lowest BCUT2D eigenvalue weighted by molar-refractivity contribution is -0.118. The maximum Gasteiger partial charge on any atom is 0.230 e. The molecule has 0 fully saturated rings. The van der Waals surface area contributed by atoms with Gasteiger partial charge in [0.2, 0.25) is 5.91 Å². The Balaban J connectivity index is 1.49. The Bertz CT molecular complexity index is 850. The molecule has 1 aromatic carbocycles. The summed E-state index contributed by atoms with van der Waals surface area (Å²) in [4.78, 5) is 21.5. The van der Waals surface area contributed by atoms with E-state index in [4.69, 9.17) is 0 Å². The molecule has 3 aromatic rings. The van der Waals surface area contributed by atoms with Gasteiger partial charge >= 0.3 is 0 Å². The van der Waals surface area contributed by atoms with Crippen LogP contribution >= 0.6 is 27.7 Å². The highest BCUT2D eigenvalue weighted by atomic mass is 79.9. The normalized spacial score (nSPS) is 10.6. The number of thioether (sulfide) groups is 1. The number of amides is 1. The largest absolute Gasteiger partial charge is 0.351 e. The van der Waals surface area contributed by atoms with Crippen LogP contribution < -0.4 is 5.32 Å². The minimum Gasteiger partial charge on any atom is -0.351 e. The van der Waals surface area contributed by atoms with Gasteiger partial charge < -0.3 is 5.32 Å². The van der Waals surface area contributed by atoms with Crippen LogP contribution in [0.25, 0.3) is 5.82 Å². The summed E-state index contributed by atoms with van der Waals surface area (Å²) >= 11 is 4.99. The fraction of sp³-hybridized carbons (Fsp3) is 0.167. The number of nitrogens with zero attached hydrogens (tertiary/aromatic N) is 3. The standard InChI is InChI=1S/C18H17BrN4OS/c1-13-8-15(19)3-4-16(13)25-11-18(24)22-10-14-2-5-17(21-9-14)23-7-6-20-12-23/h2-9,12H,10-11H2,1H3,(H,22,24). The average molecular weight is 417 g/mol.